The molecule has 2 unspecified atom stereocenters. The summed E-state index contributed by atoms with van der Waals surface area (Å²) in [6.07, 6.45) is 0.398. The van der Waals surface area contributed by atoms with Crippen molar-refractivity contribution >= 4 is 5.69 Å². The molecule has 1 aromatic rings. The van der Waals surface area contributed by atoms with Crippen LogP contribution in [0.2, 0.25) is 0 Å². The minimum absolute atomic E-state index is 0.398. The van der Waals surface area contributed by atoms with E-state index in [-0.39, 0.29) is 0 Å². The lowest BCUT2D eigenvalue weighted by Gasteiger charge is -2.57. The van der Waals surface area contributed by atoms with E-state index in [0.29, 0.717) is 18.2 Å². The maximum Gasteiger partial charge on any atom is 0.143 e. The quantitative estimate of drug-likeness (QED) is 0.598. The summed E-state index contributed by atoms with van der Waals surface area (Å²) >= 11 is 0. The van der Waals surface area contributed by atoms with Gasteiger partial charge in [0.2, 0.25) is 0 Å². The molecule has 0 N–H and O–H groups in total. The summed E-state index contributed by atoms with van der Waals surface area (Å²) in [5, 5.41) is 0. The molecule has 1 aromatic carbocycles. The largest absolute Gasteiger partial charge is 0.484 e. The molecule has 3 aliphatic rings. The van der Waals surface area contributed by atoms with Gasteiger partial charge in [0, 0.05) is 0 Å². The zero-order valence-electron chi connectivity index (χ0n) is 7.90. The lowest BCUT2D eigenvalue weighted by Crippen LogP contribution is -2.70. The first-order valence-electron chi connectivity index (χ1n) is 4.83. The Balaban J connectivity index is 2.11. The van der Waals surface area contributed by atoms with Crippen molar-refractivity contribution in [1.29, 1.82) is 0 Å². The standard InChI is InChI=1S/C11H13NO/c1-7-11-8(2)12(7)9-5-3-4-6-10(9)13-11/h3-8,11H,1-2H3. The van der Waals surface area contributed by atoms with Crippen LogP contribution in [0.25, 0.3) is 0 Å². The zero-order valence-corrected chi connectivity index (χ0v) is 7.90. The van der Waals surface area contributed by atoms with Gasteiger partial charge in [0.1, 0.15) is 11.9 Å². The molecule has 68 valence electrons. The van der Waals surface area contributed by atoms with E-state index >= 15 is 0 Å². The highest BCUT2D eigenvalue weighted by atomic mass is 16.5. The van der Waals surface area contributed by atoms with Gasteiger partial charge in [-0.3, -0.25) is 0 Å². The third-order valence-corrected chi connectivity index (χ3v) is 3.23. The molecule has 0 saturated carbocycles. The third kappa shape index (κ3) is 0.736. The van der Waals surface area contributed by atoms with E-state index in [1.807, 2.05) is 12.1 Å². The lowest BCUT2D eigenvalue weighted by molar-refractivity contribution is 0.0608. The minimum atomic E-state index is 0.398. The number of rotatable bonds is 0. The Labute approximate surface area is 78.1 Å². The van der Waals surface area contributed by atoms with Gasteiger partial charge >= 0.3 is 0 Å². The molecule has 0 aliphatic carbocycles. The summed E-state index contributed by atoms with van der Waals surface area (Å²) in [6.45, 7) is 4.45. The maximum atomic E-state index is 5.88. The SMILES string of the molecule is CC1C2Oc3ccccc3N1C2C. The molecular formula is C11H13NO. The molecule has 2 atom stereocenters. The Morgan fingerprint density at radius 2 is 1.85 bits per heavy atom. The van der Waals surface area contributed by atoms with E-state index in [1.165, 1.54) is 5.69 Å². The molecule has 0 amide bonds. The summed E-state index contributed by atoms with van der Waals surface area (Å²) in [5.41, 5.74) is 1.25. The van der Waals surface area contributed by atoms with Crippen LogP contribution < -0.4 is 9.64 Å². The highest BCUT2D eigenvalue weighted by Crippen LogP contribution is 2.45. The molecule has 4 rings (SSSR count). The highest BCUT2D eigenvalue weighted by molar-refractivity contribution is 5.65. The predicted octanol–water partition coefficient (Wildman–Crippen LogP) is 2.04. The number of ether oxygens (including phenoxy) is 1. The van der Waals surface area contributed by atoms with Crippen LogP contribution >= 0.6 is 0 Å². The van der Waals surface area contributed by atoms with E-state index < -0.39 is 0 Å². The van der Waals surface area contributed by atoms with Crippen LogP contribution in [-0.4, -0.2) is 18.2 Å². The summed E-state index contributed by atoms with van der Waals surface area (Å²) in [5.74, 6) is 1.05. The summed E-state index contributed by atoms with van der Waals surface area (Å²) in [4.78, 5) is 2.43. The summed E-state index contributed by atoms with van der Waals surface area (Å²) in [7, 11) is 0. The average molecular weight is 175 g/mol. The Hall–Kier alpha value is -1.18. The van der Waals surface area contributed by atoms with Gasteiger partial charge in [-0.1, -0.05) is 12.1 Å². The average Bonchev–Trinajstić information content (AvgIpc) is 2.18. The number of hydrogen-bond acceptors (Lipinski definition) is 2. The van der Waals surface area contributed by atoms with Crippen molar-refractivity contribution in [1.82, 2.24) is 0 Å². The van der Waals surface area contributed by atoms with Crippen molar-refractivity contribution in [3.63, 3.8) is 0 Å². The smallest absolute Gasteiger partial charge is 0.143 e. The molecule has 1 saturated heterocycles. The van der Waals surface area contributed by atoms with Crippen LogP contribution in [0.15, 0.2) is 24.3 Å². The highest BCUT2D eigenvalue weighted by Gasteiger charge is 2.49. The van der Waals surface area contributed by atoms with Gasteiger partial charge < -0.3 is 9.64 Å². The maximum absolute atomic E-state index is 5.88. The van der Waals surface area contributed by atoms with Crippen molar-refractivity contribution in [2.24, 2.45) is 0 Å². The Morgan fingerprint density at radius 3 is 2.62 bits per heavy atom. The van der Waals surface area contributed by atoms with Gasteiger partial charge in [0.15, 0.2) is 0 Å². The van der Waals surface area contributed by atoms with Crippen LogP contribution in [0.3, 0.4) is 0 Å². The van der Waals surface area contributed by atoms with Crippen LogP contribution in [0.5, 0.6) is 5.75 Å². The first-order valence-corrected chi connectivity index (χ1v) is 4.83. The second-order valence-corrected chi connectivity index (χ2v) is 3.94. The van der Waals surface area contributed by atoms with Crippen molar-refractivity contribution in [3.8, 4) is 5.75 Å². The van der Waals surface area contributed by atoms with Crippen LogP contribution in [0.1, 0.15) is 13.8 Å². The Bertz CT molecular complexity index is 340. The second kappa shape index (κ2) is 2.19. The van der Waals surface area contributed by atoms with Gasteiger partial charge in [0.05, 0.1) is 17.8 Å². The topological polar surface area (TPSA) is 12.5 Å². The fourth-order valence-corrected chi connectivity index (χ4v) is 2.54. The van der Waals surface area contributed by atoms with Gasteiger partial charge in [-0.25, -0.2) is 0 Å². The minimum Gasteiger partial charge on any atom is -0.484 e. The zero-order chi connectivity index (χ0) is 9.00. The molecule has 2 bridgehead atoms. The third-order valence-electron chi connectivity index (χ3n) is 3.23. The number of para-hydroxylation sites is 2. The number of benzene rings is 1. The molecule has 0 aromatic heterocycles. The molecule has 2 heteroatoms. The lowest BCUT2D eigenvalue weighted by atomic mass is 9.88. The van der Waals surface area contributed by atoms with Gasteiger partial charge in [-0.05, 0) is 26.0 Å². The predicted molar refractivity (Wildman–Crippen MR) is 52.3 cm³/mol. The fourth-order valence-electron chi connectivity index (χ4n) is 2.54. The summed E-state index contributed by atoms with van der Waals surface area (Å²) in [6, 6.07) is 9.38. The van der Waals surface area contributed by atoms with E-state index in [9.17, 15) is 0 Å². The van der Waals surface area contributed by atoms with Gasteiger partial charge in [-0.15, -0.1) is 0 Å². The second-order valence-electron chi connectivity index (χ2n) is 3.94. The molecule has 13 heavy (non-hydrogen) atoms. The molecule has 1 fully saturated rings. The number of nitrogens with zero attached hydrogens (tertiary/aromatic N) is 1. The van der Waals surface area contributed by atoms with E-state index in [4.69, 9.17) is 4.74 Å². The normalized spacial score (nSPS) is 34.6. The first-order chi connectivity index (χ1) is 6.29. The van der Waals surface area contributed by atoms with E-state index in [0.717, 1.165) is 5.75 Å². The molecular weight excluding hydrogens is 162 g/mol. The summed E-state index contributed by atoms with van der Waals surface area (Å²) < 4.78 is 5.88. The monoisotopic (exact) mass is 175 g/mol. The molecule has 3 aliphatic heterocycles. The molecule has 2 nitrogen and oxygen atoms in total. The molecule has 0 spiro atoms. The number of hydrogen-bond donors (Lipinski definition) is 0. The van der Waals surface area contributed by atoms with Crippen molar-refractivity contribution in [3.05, 3.63) is 24.3 Å². The van der Waals surface area contributed by atoms with Crippen molar-refractivity contribution < 1.29 is 4.74 Å². The van der Waals surface area contributed by atoms with Crippen molar-refractivity contribution in [2.45, 2.75) is 32.0 Å². The first kappa shape index (κ1) is 7.25. The molecule has 3 heterocycles. The Morgan fingerprint density at radius 1 is 1.15 bits per heavy atom. The van der Waals surface area contributed by atoms with Gasteiger partial charge in [-0.2, -0.15) is 0 Å². The van der Waals surface area contributed by atoms with Crippen LogP contribution in [0, 0.1) is 0 Å². The Kier molecular flexibility index (Phi) is 1.22. The van der Waals surface area contributed by atoms with Crippen LogP contribution in [0.4, 0.5) is 5.69 Å². The van der Waals surface area contributed by atoms with Crippen LogP contribution in [-0.2, 0) is 0 Å². The van der Waals surface area contributed by atoms with Crippen molar-refractivity contribution in [2.75, 3.05) is 4.90 Å². The van der Waals surface area contributed by atoms with E-state index in [2.05, 4.69) is 30.9 Å². The van der Waals surface area contributed by atoms with Gasteiger partial charge in [0.25, 0.3) is 0 Å². The fraction of sp³-hybridized carbons (Fsp3) is 0.455. The number of anilines is 1. The van der Waals surface area contributed by atoms with E-state index in [1.54, 1.807) is 0 Å². The molecule has 0 radical (unpaired) electrons.